The summed E-state index contributed by atoms with van der Waals surface area (Å²) >= 11 is 6.20. The lowest BCUT2D eigenvalue weighted by atomic mass is 10.1. The lowest BCUT2D eigenvalue weighted by molar-refractivity contribution is -0.00521. The summed E-state index contributed by atoms with van der Waals surface area (Å²) in [4.78, 5) is 12.9. The predicted molar refractivity (Wildman–Crippen MR) is 69.1 cm³/mol. The van der Waals surface area contributed by atoms with Crippen molar-refractivity contribution in [3.63, 3.8) is 0 Å². The van der Waals surface area contributed by atoms with E-state index in [-0.39, 0.29) is 12.2 Å². The van der Waals surface area contributed by atoms with Crippen LogP contribution in [0.5, 0.6) is 0 Å². The Balaban J connectivity index is 2.24. The average Bonchev–Trinajstić information content (AvgIpc) is 2.27. The van der Waals surface area contributed by atoms with Crippen molar-refractivity contribution in [2.45, 2.75) is 26.1 Å². The van der Waals surface area contributed by atoms with Crippen molar-refractivity contribution in [3.05, 3.63) is 28.8 Å². The van der Waals surface area contributed by atoms with E-state index in [1.807, 2.05) is 6.07 Å². The molecule has 0 radical (unpaired) electrons. The molecule has 0 N–H and O–H groups in total. The SMILES string of the molecule is CC1CN(c2ccc(C=O)cc2Cl)CC(C)O1. The van der Waals surface area contributed by atoms with Crippen LogP contribution in [0.15, 0.2) is 18.2 Å². The highest BCUT2D eigenvalue weighted by Crippen LogP contribution is 2.29. The van der Waals surface area contributed by atoms with Gasteiger partial charge in [0.25, 0.3) is 0 Å². The summed E-state index contributed by atoms with van der Waals surface area (Å²) in [5, 5.41) is 0.621. The van der Waals surface area contributed by atoms with Crippen LogP contribution in [-0.4, -0.2) is 31.6 Å². The number of aldehydes is 1. The molecule has 1 aromatic rings. The van der Waals surface area contributed by atoms with Crippen LogP contribution in [0.3, 0.4) is 0 Å². The second-order valence-electron chi connectivity index (χ2n) is 4.49. The van der Waals surface area contributed by atoms with Crippen LogP contribution < -0.4 is 4.90 Å². The fourth-order valence-corrected chi connectivity index (χ4v) is 2.54. The van der Waals surface area contributed by atoms with Crippen molar-refractivity contribution >= 4 is 23.6 Å². The van der Waals surface area contributed by atoms with E-state index in [1.54, 1.807) is 12.1 Å². The number of carbonyl (C=O) groups excluding carboxylic acids is 1. The molecule has 0 spiro atoms. The third-order valence-electron chi connectivity index (χ3n) is 2.87. The monoisotopic (exact) mass is 253 g/mol. The number of ether oxygens (including phenoxy) is 1. The first-order valence-corrected chi connectivity index (χ1v) is 6.13. The van der Waals surface area contributed by atoms with Gasteiger partial charge >= 0.3 is 0 Å². The maximum Gasteiger partial charge on any atom is 0.150 e. The van der Waals surface area contributed by atoms with E-state index in [0.717, 1.165) is 25.1 Å². The zero-order valence-electron chi connectivity index (χ0n) is 10.0. The van der Waals surface area contributed by atoms with Gasteiger partial charge in [-0.05, 0) is 32.0 Å². The summed E-state index contributed by atoms with van der Waals surface area (Å²) in [5.41, 5.74) is 1.58. The molecule has 1 aliphatic rings. The number of hydrogen-bond acceptors (Lipinski definition) is 3. The molecule has 0 amide bonds. The van der Waals surface area contributed by atoms with Gasteiger partial charge in [0.2, 0.25) is 0 Å². The first kappa shape index (κ1) is 12.4. The van der Waals surface area contributed by atoms with Crippen molar-refractivity contribution in [3.8, 4) is 0 Å². The molecule has 2 atom stereocenters. The lowest BCUT2D eigenvalue weighted by Gasteiger charge is -2.37. The molecule has 0 aromatic heterocycles. The maximum atomic E-state index is 10.7. The Morgan fingerprint density at radius 3 is 2.53 bits per heavy atom. The van der Waals surface area contributed by atoms with E-state index in [9.17, 15) is 4.79 Å². The topological polar surface area (TPSA) is 29.5 Å². The number of carbonyl (C=O) groups is 1. The van der Waals surface area contributed by atoms with Gasteiger partial charge in [-0.2, -0.15) is 0 Å². The fourth-order valence-electron chi connectivity index (χ4n) is 2.23. The third-order valence-corrected chi connectivity index (χ3v) is 3.17. The number of halogens is 1. The molecular weight excluding hydrogens is 238 g/mol. The van der Waals surface area contributed by atoms with Gasteiger partial charge < -0.3 is 9.64 Å². The van der Waals surface area contributed by atoms with Crippen molar-refractivity contribution in [1.29, 1.82) is 0 Å². The zero-order chi connectivity index (χ0) is 12.4. The Hall–Kier alpha value is -1.06. The summed E-state index contributed by atoms with van der Waals surface area (Å²) in [6.07, 6.45) is 1.20. The van der Waals surface area contributed by atoms with Crippen LogP contribution in [-0.2, 0) is 4.74 Å². The third kappa shape index (κ3) is 2.79. The number of hydrogen-bond donors (Lipinski definition) is 0. The van der Waals surface area contributed by atoms with E-state index in [2.05, 4.69) is 18.7 Å². The molecule has 0 saturated carbocycles. The van der Waals surface area contributed by atoms with Gasteiger partial charge in [0.15, 0.2) is 0 Å². The number of rotatable bonds is 2. The van der Waals surface area contributed by atoms with Crippen LogP contribution >= 0.6 is 11.6 Å². The van der Waals surface area contributed by atoms with Gasteiger partial charge in [0, 0.05) is 18.7 Å². The normalized spacial score (nSPS) is 24.8. The molecular formula is C13H16ClNO2. The summed E-state index contributed by atoms with van der Waals surface area (Å²) in [6.45, 7) is 5.75. The largest absolute Gasteiger partial charge is 0.372 e. The van der Waals surface area contributed by atoms with Gasteiger partial charge in [-0.3, -0.25) is 4.79 Å². The Labute approximate surface area is 106 Å². The van der Waals surface area contributed by atoms with E-state index in [1.165, 1.54) is 0 Å². The Bertz CT molecular complexity index is 412. The average molecular weight is 254 g/mol. The second-order valence-corrected chi connectivity index (χ2v) is 4.90. The molecule has 4 heteroatoms. The summed E-state index contributed by atoms with van der Waals surface area (Å²) in [6, 6.07) is 5.39. The minimum atomic E-state index is 0.195. The van der Waals surface area contributed by atoms with Gasteiger partial charge in [-0.1, -0.05) is 11.6 Å². The molecule has 0 bridgehead atoms. The predicted octanol–water partition coefficient (Wildman–Crippen LogP) is 2.77. The number of nitrogens with zero attached hydrogens (tertiary/aromatic N) is 1. The Morgan fingerprint density at radius 1 is 1.35 bits per heavy atom. The molecule has 1 aliphatic heterocycles. The van der Waals surface area contributed by atoms with Crippen LogP contribution in [0.25, 0.3) is 0 Å². The molecule has 1 heterocycles. The number of anilines is 1. The minimum absolute atomic E-state index is 0.195. The van der Waals surface area contributed by atoms with Crippen LogP contribution in [0, 0.1) is 0 Å². The first-order valence-electron chi connectivity index (χ1n) is 5.75. The fraction of sp³-hybridized carbons (Fsp3) is 0.462. The molecule has 17 heavy (non-hydrogen) atoms. The zero-order valence-corrected chi connectivity index (χ0v) is 10.8. The molecule has 3 nitrogen and oxygen atoms in total. The smallest absolute Gasteiger partial charge is 0.150 e. The molecule has 1 saturated heterocycles. The van der Waals surface area contributed by atoms with Gasteiger partial charge in [-0.25, -0.2) is 0 Å². The van der Waals surface area contributed by atoms with E-state index < -0.39 is 0 Å². The molecule has 1 aromatic carbocycles. The number of morpholine rings is 1. The van der Waals surface area contributed by atoms with E-state index in [0.29, 0.717) is 10.6 Å². The van der Waals surface area contributed by atoms with Gasteiger partial charge in [0.1, 0.15) is 6.29 Å². The van der Waals surface area contributed by atoms with Gasteiger partial charge in [-0.15, -0.1) is 0 Å². The van der Waals surface area contributed by atoms with Crippen molar-refractivity contribution < 1.29 is 9.53 Å². The molecule has 0 aliphatic carbocycles. The van der Waals surface area contributed by atoms with Crippen molar-refractivity contribution in [1.82, 2.24) is 0 Å². The summed E-state index contributed by atoms with van der Waals surface area (Å²) < 4.78 is 5.68. The summed E-state index contributed by atoms with van der Waals surface area (Å²) in [7, 11) is 0. The minimum Gasteiger partial charge on any atom is -0.372 e. The Kier molecular flexibility index (Phi) is 3.69. The highest BCUT2D eigenvalue weighted by Gasteiger charge is 2.23. The van der Waals surface area contributed by atoms with Crippen molar-refractivity contribution in [2.75, 3.05) is 18.0 Å². The first-order chi connectivity index (χ1) is 8.10. The van der Waals surface area contributed by atoms with Crippen LogP contribution in [0.2, 0.25) is 5.02 Å². The van der Waals surface area contributed by atoms with Crippen molar-refractivity contribution in [2.24, 2.45) is 0 Å². The maximum absolute atomic E-state index is 10.7. The summed E-state index contributed by atoms with van der Waals surface area (Å²) in [5.74, 6) is 0. The van der Waals surface area contributed by atoms with Crippen LogP contribution in [0.1, 0.15) is 24.2 Å². The lowest BCUT2D eigenvalue weighted by Crippen LogP contribution is -2.45. The quantitative estimate of drug-likeness (QED) is 0.759. The van der Waals surface area contributed by atoms with Crippen LogP contribution in [0.4, 0.5) is 5.69 Å². The highest BCUT2D eigenvalue weighted by molar-refractivity contribution is 6.33. The van der Waals surface area contributed by atoms with E-state index in [4.69, 9.17) is 16.3 Å². The number of benzene rings is 1. The molecule has 92 valence electrons. The highest BCUT2D eigenvalue weighted by atomic mass is 35.5. The Morgan fingerprint density at radius 2 is 2.00 bits per heavy atom. The second kappa shape index (κ2) is 5.07. The molecule has 1 fully saturated rings. The molecule has 2 rings (SSSR count). The van der Waals surface area contributed by atoms with Gasteiger partial charge in [0.05, 0.1) is 22.9 Å². The van der Waals surface area contributed by atoms with E-state index >= 15 is 0 Å². The standard InChI is InChI=1S/C13H16ClNO2/c1-9-6-15(7-10(2)17-9)13-4-3-11(8-16)5-12(13)14/h3-5,8-10H,6-7H2,1-2H3. The molecule has 2 unspecified atom stereocenters.